The van der Waals surface area contributed by atoms with Gasteiger partial charge in [0.15, 0.2) is 0 Å². The van der Waals surface area contributed by atoms with Crippen molar-refractivity contribution in [3.8, 4) is 0 Å². The molecule has 92 valence electrons. The van der Waals surface area contributed by atoms with Gasteiger partial charge >= 0.3 is 0 Å². The lowest BCUT2D eigenvalue weighted by molar-refractivity contribution is 0.582. The first kappa shape index (κ1) is 12.9. The highest BCUT2D eigenvalue weighted by atomic mass is 35.5. The topological polar surface area (TPSA) is 12.4 Å². The molecule has 0 aliphatic heterocycles. The van der Waals surface area contributed by atoms with Gasteiger partial charge in [-0.05, 0) is 32.8 Å². The van der Waals surface area contributed by atoms with Gasteiger partial charge in [0, 0.05) is 6.21 Å². The summed E-state index contributed by atoms with van der Waals surface area (Å²) in [5.74, 6) is 0. The van der Waals surface area contributed by atoms with E-state index < -0.39 is 4.33 Å². The molecule has 3 heteroatoms. The van der Waals surface area contributed by atoms with E-state index in [0.717, 1.165) is 12.0 Å². The molecule has 1 fully saturated rings. The van der Waals surface area contributed by atoms with Gasteiger partial charge in [-0.15, -0.1) is 23.2 Å². The number of rotatable bonds is 2. The molecule has 0 aromatic heterocycles. The molecule has 0 spiro atoms. The van der Waals surface area contributed by atoms with E-state index in [2.05, 4.69) is 37.9 Å². The first-order chi connectivity index (χ1) is 7.77. The molecule has 1 nitrogen and oxygen atoms in total. The minimum atomic E-state index is -0.719. The lowest BCUT2D eigenvalue weighted by Crippen LogP contribution is -2.20. The van der Waals surface area contributed by atoms with Gasteiger partial charge < -0.3 is 0 Å². The van der Waals surface area contributed by atoms with E-state index in [4.69, 9.17) is 23.2 Å². The first-order valence-electron chi connectivity index (χ1n) is 5.77. The van der Waals surface area contributed by atoms with Crippen molar-refractivity contribution in [3.05, 3.63) is 35.9 Å². The second-order valence-corrected chi connectivity index (χ2v) is 7.13. The standard InChI is InChI=1S/C14H17Cl2N/c1-12(2,3)17-10-13(9-14(13,15)16)11-7-5-4-6-8-11/h4-8,10H,9H2,1-3H3. The lowest BCUT2D eigenvalue weighted by Gasteiger charge is -2.17. The van der Waals surface area contributed by atoms with Gasteiger partial charge in [0.1, 0.15) is 4.33 Å². The van der Waals surface area contributed by atoms with E-state index in [1.807, 2.05) is 24.4 Å². The molecule has 1 aliphatic carbocycles. The molecule has 0 bridgehead atoms. The Morgan fingerprint density at radius 2 is 1.71 bits per heavy atom. The molecule has 1 saturated carbocycles. The van der Waals surface area contributed by atoms with Crippen LogP contribution in [0, 0.1) is 0 Å². The maximum absolute atomic E-state index is 6.30. The summed E-state index contributed by atoms with van der Waals surface area (Å²) in [7, 11) is 0. The molecule has 1 aliphatic rings. The fourth-order valence-electron chi connectivity index (χ4n) is 1.87. The molecule has 0 N–H and O–H groups in total. The molecule has 1 atom stereocenters. The summed E-state index contributed by atoms with van der Waals surface area (Å²) in [6.45, 7) is 6.19. The van der Waals surface area contributed by atoms with Crippen molar-refractivity contribution in [2.75, 3.05) is 0 Å². The summed E-state index contributed by atoms with van der Waals surface area (Å²) in [6.07, 6.45) is 2.66. The van der Waals surface area contributed by atoms with Crippen LogP contribution in [0.25, 0.3) is 0 Å². The van der Waals surface area contributed by atoms with Gasteiger partial charge in [0.25, 0.3) is 0 Å². The second kappa shape index (κ2) is 4.00. The number of halogens is 2. The van der Waals surface area contributed by atoms with Crippen LogP contribution in [0.1, 0.15) is 32.8 Å². The lowest BCUT2D eigenvalue weighted by atomic mass is 9.97. The van der Waals surface area contributed by atoms with E-state index in [0.29, 0.717) is 0 Å². The summed E-state index contributed by atoms with van der Waals surface area (Å²) >= 11 is 12.6. The molecule has 1 aromatic rings. The molecule has 0 amide bonds. The molecule has 0 heterocycles. The monoisotopic (exact) mass is 269 g/mol. The van der Waals surface area contributed by atoms with Crippen LogP contribution in [-0.4, -0.2) is 16.1 Å². The number of nitrogens with zero attached hydrogens (tertiary/aromatic N) is 1. The highest BCUT2D eigenvalue weighted by Gasteiger charge is 2.66. The van der Waals surface area contributed by atoms with Crippen LogP contribution in [0.4, 0.5) is 0 Å². The molecule has 1 aromatic carbocycles. The number of hydrogen-bond acceptors (Lipinski definition) is 1. The van der Waals surface area contributed by atoms with Crippen molar-refractivity contribution in [1.29, 1.82) is 0 Å². The molecule has 1 unspecified atom stereocenters. The summed E-state index contributed by atoms with van der Waals surface area (Å²) in [6, 6.07) is 10.1. The van der Waals surface area contributed by atoms with Crippen LogP contribution in [0.5, 0.6) is 0 Å². The molecule has 17 heavy (non-hydrogen) atoms. The minimum Gasteiger partial charge on any atom is -0.291 e. The highest BCUT2D eigenvalue weighted by Crippen LogP contribution is 2.63. The fourth-order valence-corrected chi connectivity index (χ4v) is 2.61. The highest BCUT2D eigenvalue weighted by molar-refractivity contribution is 6.53. The Morgan fingerprint density at radius 3 is 2.12 bits per heavy atom. The number of alkyl halides is 2. The van der Waals surface area contributed by atoms with Gasteiger partial charge in [-0.25, -0.2) is 0 Å². The zero-order valence-corrected chi connectivity index (χ0v) is 11.9. The summed E-state index contributed by atoms with van der Waals surface area (Å²) < 4.78 is -0.719. The predicted molar refractivity (Wildman–Crippen MR) is 75.4 cm³/mol. The average Bonchev–Trinajstić information content (AvgIpc) is 2.80. The third kappa shape index (κ3) is 2.51. The van der Waals surface area contributed by atoms with E-state index in [1.165, 1.54) is 0 Å². The summed E-state index contributed by atoms with van der Waals surface area (Å²) in [4.78, 5) is 4.57. The Hall–Kier alpha value is -0.530. The van der Waals surface area contributed by atoms with Gasteiger partial charge in [0.2, 0.25) is 0 Å². The van der Waals surface area contributed by atoms with Crippen molar-refractivity contribution < 1.29 is 0 Å². The van der Waals surface area contributed by atoms with Crippen LogP contribution in [-0.2, 0) is 5.41 Å². The first-order valence-corrected chi connectivity index (χ1v) is 6.52. The van der Waals surface area contributed by atoms with Crippen LogP contribution in [0.2, 0.25) is 0 Å². The maximum Gasteiger partial charge on any atom is 0.134 e. The Balaban J connectivity index is 2.35. The fraction of sp³-hybridized carbons (Fsp3) is 0.500. The zero-order chi connectivity index (χ0) is 12.7. The van der Waals surface area contributed by atoms with Gasteiger partial charge in [0.05, 0.1) is 11.0 Å². The van der Waals surface area contributed by atoms with Gasteiger partial charge in [-0.3, -0.25) is 4.99 Å². The Bertz CT molecular complexity index is 431. The Morgan fingerprint density at radius 1 is 1.18 bits per heavy atom. The normalized spacial score (nSPS) is 27.4. The third-order valence-corrected chi connectivity index (χ3v) is 3.93. The van der Waals surface area contributed by atoms with Crippen LogP contribution < -0.4 is 0 Å². The number of hydrogen-bond donors (Lipinski definition) is 0. The second-order valence-electron chi connectivity index (χ2n) is 5.65. The Labute approximate surface area is 113 Å². The zero-order valence-electron chi connectivity index (χ0n) is 10.4. The van der Waals surface area contributed by atoms with Crippen molar-refractivity contribution in [2.24, 2.45) is 4.99 Å². The van der Waals surface area contributed by atoms with E-state index in [9.17, 15) is 0 Å². The molecule has 2 rings (SSSR count). The van der Waals surface area contributed by atoms with Gasteiger partial charge in [-0.2, -0.15) is 0 Å². The third-order valence-electron chi connectivity index (χ3n) is 2.99. The van der Waals surface area contributed by atoms with Crippen LogP contribution in [0.15, 0.2) is 35.3 Å². The van der Waals surface area contributed by atoms with Crippen molar-refractivity contribution >= 4 is 29.4 Å². The van der Waals surface area contributed by atoms with Crippen LogP contribution in [0.3, 0.4) is 0 Å². The van der Waals surface area contributed by atoms with Crippen molar-refractivity contribution in [1.82, 2.24) is 0 Å². The molecular weight excluding hydrogens is 253 g/mol. The smallest absolute Gasteiger partial charge is 0.134 e. The van der Waals surface area contributed by atoms with Crippen molar-refractivity contribution in [2.45, 2.75) is 42.5 Å². The predicted octanol–water partition coefficient (Wildman–Crippen LogP) is 4.37. The van der Waals surface area contributed by atoms with E-state index >= 15 is 0 Å². The van der Waals surface area contributed by atoms with E-state index in [1.54, 1.807) is 0 Å². The minimum absolute atomic E-state index is 0.103. The Kier molecular flexibility index (Phi) is 3.04. The number of aliphatic imine (C=N–C) groups is 1. The van der Waals surface area contributed by atoms with Gasteiger partial charge in [-0.1, -0.05) is 30.3 Å². The molecular formula is C14H17Cl2N. The summed E-state index contributed by atoms with van der Waals surface area (Å²) in [5, 5.41) is 0. The number of benzene rings is 1. The molecule has 0 radical (unpaired) electrons. The largest absolute Gasteiger partial charge is 0.291 e. The van der Waals surface area contributed by atoms with Crippen LogP contribution >= 0.6 is 23.2 Å². The average molecular weight is 270 g/mol. The van der Waals surface area contributed by atoms with Crippen molar-refractivity contribution in [3.63, 3.8) is 0 Å². The summed E-state index contributed by atoms with van der Waals surface area (Å²) in [5.41, 5.74) is 0.719. The van der Waals surface area contributed by atoms with E-state index in [-0.39, 0.29) is 11.0 Å². The molecule has 0 saturated heterocycles. The maximum atomic E-state index is 6.30. The SMILES string of the molecule is CC(C)(C)N=CC1(c2ccccc2)CC1(Cl)Cl. The quantitative estimate of drug-likeness (QED) is 0.559.